The van der Waals surface area contributed by atoms with Gasteiger partial charge in [-0.25, -0.2) is 4.79 Å². The molecule has 3 nitrogen and oxygen atoms in total. The van der Waals surface area contributed by atoms with Crippen LogP contribution in [0.1, 0.15) is 11.7 Å². The summed E-state index contributed by atoms with van der Waals surface area (Å²) in [5.41, 5.74) is -0.847. The molecule has 0 aliphatic rings. The Labute approximate surface area is 143 Å². The van der Waals surface area contributed by atoms with Gasteiger partial charge >= 0.3 is 18.3 Å². The number of halogens is 6. The van der Waals surface area contributed by atoms with Crippen molar-refractivity contribution in [1.82, 2.24) is 0 Å². The number of hydrogen-bond acceptors (Lipinski definition) is 3. The maximum atomic E-state index is 12.5. The Balaban J connectivity index is 2.28. The van der Waals surface area contributed by atoms with E-state index < -0.39 is 36.1 Å². The van der Waals surface area contributed by atoms with Gasteiger partial charge in [0.2, 0.25) is 0 Å². The zero-order chi connectivity index (χ0) is 19.7. The molecule has 0 spiro atoms. The molecule has 0 amide bonds. The van der Waals surface area contributed by atoms with Crippen LogP contribution in [0.25, 0.3) is 10.8 Å². The number of hydrogen-bond donors (Lipinski definition) is 1. The number of rotatable bonds is 4. The summed E-state index contributed by atoms with van der Waals surface area (Å²) < 4.78 is 78.4. The molecule has 0 saturated heterocycles. The zero-order valence-corrected chi connectivity index (χ0v) is 12.9. The van der Waals surface area contributed by atoms with Crippen LogP contribution in [0, 0.1) is 0 Å². The number of carbonyl (C=O) groups is 1. The predicted molar refractivity (Wildman–Crippen MR) is 80.0 cm³/mol. The van der Waals surface area contributed by atoms with Crippen molar-refractivity contribution in [1.29, 1.82) is 0 Å². The van der Waals surface area contributed by atoms with Gasteiger partial charge in [-0.3, -0.25) is 0 Å². The van der Waals surface area contributed by atoms with E-state index in [-0.39, 0.29) is 5.56 Å². The molecule has 2 aromatic carbocycles. The van der Waals surface area contributed by atoms with E-state index in [2.05, 4.69) is 11.3 Å². The van der Waals surface area contributed by atoms with Crippen molar-refractivity contribution in [3.8, 4) is 0 Å². The minimum absolute atomic E-state index is 0.0978. The Morgan fingerprint density at radius 1 is 0.962 bits per heavy atom. The predicted octanol–water partition coefficient (Wildman–Crippen LogP) is 4.47. The van der Waals surface area contributed by atoms with Crippen molar-refractivity contribution < 1.29 is 41.0 Å². The minimum Gasteiger partial charge on any atom is -0.439 e. The number of esters is 1. The molecule has 0 aliphatic carbocycles. The van der Waals surface area contributed by atoms with Gasteiger partial charge in [-0.2, -0.15) is 26.3 Å². The summed E-state index contributed by atoms with van der Waals surface area (Å²) >= 11 is 0. The van der Waals surface area contributed by atoms with E-state index in [0.29, 0.717) is 10.8 Å². The highest BCUT2D eigenvalue weighted by Crippen LogP contribution is 2.37. The van der Waals surface area contributed by atoms with Gasteiger partial charge in [0, 0.05) is 0 Å². The largest absolute Gasteiger partial charge is 0.439 e. The number of aliphatic hydroxyl groups is 1. The number of carbonyl (C=O) groups excluding carboxylic acids is 1. The van der Waals surface area contributed by atoms with Gasteiger partial charge in [0.05, 0.1) is 5.57 Å². The number of fused-ring (bicyclic) bond motifs is 1. The van der Waals surface area contributed by atoms with Gasteiger partial charge in [0.25, 0.3) is 6.10 Å². The van der Waals surface area contributed by atoms with Gasteiger partial charge in [0.15, 0.2) is 0 Å². The van der Waals surface area contributed by atoms with Crippen LogP contribution in [0.15, 0.2) is 54.6 Å². The van der Waals surface area contributed by atoms with Crippen molar-refractivity contribution in [2.45, 2.75) is 24.6 Å². The van der Waals surface area contributed by atoms with Crippen LogP contribution in [0.4, 0.5) is 26.3 Å². The van der Waals surface area contributed by atoms with Crippen LogP contribution in [0.3, 0.4) is 0 Å². The molecule has 0 heterocycles. The smallest absolute Gasteiger partial charge is 0.434 e. The van der Waals surface area contributed by atoms with Crippen molar-refractivity contribution in [2.24, 2.45) is 0 Å². The second-order valence-electron chi connectivity index (χ2n) is 5.36. The third-order valence-electron chi connectivity index (χ3n) is 3.53. The number of ether oxygens (including phenoxy) is 1. The molecule has 0 radical (unpaired) electrons. The van der Waals surface area contributed by atoms with Crippen molar-refractivity contribution in [3.05, 3.63) is 60.2 Å². The number of alkyl halides is 6. The Morgan fingerprint density at radius 3 is 2.08 bits per heavy atom. The lowest BCUT2D eigenvalue weighted by Gasteiger charge is -2.24. The first kappa shape index (κ1) is 19.8. The summed E-state index contributed by atoms with van der Waals surface area (Å²) in [7, 11) is 0. The summed E-state index contributed by atoms with van der Waals surface area (Å²) in [4.78, 5) is 11.7. The summed E-state index contributed by atoms with van der Waals surface area (Å²) in [6.07, 6.45) is -17.8. The van der Waals surface area contributed by atoms with E-state index in [1.165, 1.54) is 12.1 Å². The van der Waals surface area contributed by atoms with Crippen LogP contribution in [0.2, 0.25) is 0 Å². The van der Waals surface area contributed by atoms with Crippen molar-refractivity contribution >= 4 is 16.7 Å². The van der Waals surface area contributed by atoms with Gasteiger partial charge in [-0.1, -0.05) is 49.0 Å². The Hall–Kier alpha value is -2.55. The second kappa shape index (κ2) is 6.99. The third-order valence-corrected chi connectivity index (χ3v) is 3.53. The second-order valence-corrected chi connectivity index (χ2v) is 5.36. The van der Waals surface area contributed by atoms with Gasteiger partial charge < -0.3 is 9.84 Å². The van der Waals surface area contributed by atoms with Crippen LogP contribution in [-0.2, 0) is 9.53 Å². The van der Waals surface area contributed by atoms with Crippen LogP contribution >= 0.6 is 0 Å². The molecule has 0 aromatic heterocycles. The fourth-order valence-electron chi connectivity index (χ4n) is 2.29. The van der Waals surface area contributed by atoms with E-state index in [1.807, 2.05) is 0 Å². The molecular weight excluding hydrogens is 366 g/mol. The first-order valence-corrected chi connectivity index (χ1v) is 7.12. The lowest BCUT2D eigenvalue weighted by atomic mass is 9.96. The highest BCUT2D eigenvalue weighted by molar-refractivity contribution is 5.92. The average molecular weight is 378 g/mol. The number of benzene rings is 2. The quantitative estimate of drug-likeness (QED) is 0.485. The molecule has 0 aliphatic heterocycles. The van der Waals surface area contributed by atoms with E-state index >= 15 is 0 Å². The summed E-state index contributed by atoms with van der Waals surface area (Å²) in [5, 5.41) is 11.3. The van der Waals surface area contributed by atoms with Crippen molar-refractivity contribution in [2.75, 3.05) is 0 Å². The monoisotopic (exact) mass is 378 g/mol. The number of aliphatic hydroxyl groups excluding tert-OH is 1. The molecule has 2 rings (SSSR count). The van der Waals surface area contributed by atoms with Gasteiger partial charge in [-0.05, 0) is 16.3 Å². The summed E-state index contributed by atoms with van der Waals surface area (Å²) in [6.45, 7) is 3.10. The average Bonchev–Trinajstić information content (AvgIpc) is 2.55. The topological polar surface area (TPSA) is 46.5 Å². The Kier molecular flexibility index (Phi) is 5.31. The molecule has 0 bridgehead atoms. The van der Waals surface area contributed by atoms with Gasteiger partial charge in [-0.15, -0.1) is 0 Å². The summed E-state index contributed by atoms with van der Waals surface area (Å²) in [6, 6.07) is 11.1. The summed E-state index contributed by atoms with van der Waals surface area (Å²) in [5.74, 6) is -2.00. The first-order chi connectivity index (χ1) is 11.9. The molecule has 9 heteroatoms. The molecule has 0 fully saturated rings. The SMILES string of the molecule is C=C(C(=O)OC(C(F)(F)F)C(F)(F)F)C(O)c1cccc2ccccc12. The van der Waals surface area contributed by atoms with E-state index in [9.17, 15) is 36.2 Å². The molecule has 1 unspecified atom stereocenters. The Morgan fingerprint density at radius 2 is 1.50 bits per heavy atom. The maximum Gasteiger partial charge on any atom is 0.434 e. The van der Waals surface area contributed by atoms with Gasteiger partial charge in [0.1, 0.15) is 6.10 Å². The highest BCUT2D eigenvalue weighted by atomic mass is 19.4. The van der Waals surface area contributed by atoms with E-state index in [4.69, 9.17) is 0 Å². The molecule has 0 saturated carbocycles. The Bertz CT molecular complexity index is 806. The fraction of sp³-hybridized carbons (Fsp3) is 0.235. The first-order valence-electron chi connectivity index (χ1n) is 7.12. The lowest BCUT2D eigenvalue weighted by molar-refractivity contribution is -0.312. The molecule has 26 heavy (non-hydrogen) atoms. The van der Waals surface area contributed by atoms with Crippen LogP contribution < -0.4 is 0 Å². The van der Waals surface area contributed by atoms with Crippen molar-refractivity contribution in [3.63, 3.8) is 0 Å². The lowest BCUT2D eigenvalue weighted by Crippen LogP contribution is -2.45. The molecular formula is C17H12F6O3. The zero-order valence-electron chi connectivity index (χ0n) is 12.9. The third kappa shape index (κ3) is 4.16. The molecule has 1 atom stereocenters. The standard InChI is InChI=1S/C17H12F6O3/c1-9(14(25)26-15(16(18,19)20)17(21,22)23)13(24)12-8-4-6-10-5-2-3-7-11(10)12/h2-8,13,15,24H,1H2. The molecule has 140 valence electrons. The maximum absolute atomic E-state index is 12.5. The van der Waals surface area contributed by atoms with Crippen LogP contribution in [-0.4, -0.2) is 29.5 Å². The minimum atomic E-state index is -5.85. The fourth-order valence-corrected chi connectivity index (χ4v) is 2.29. The highest BCUT2D eigenvalue weighted by Gasteiger charge is 2.60. The molecule has 1 N–H and O–H groups in total. The normalized spacial score (nSPS) is 13.7. The molecule has 2 aromatic rings. The van der Waals surface area contributed by atoms with E-state index in [0.717, 1.165) is 0 Å². The van der Waals surface area contributed by atoms with E-state index in [1.54, 1.807) is 30.3 Å². The van der Waals surface area contributed by atoms with Crippen LogP contribution in [0.5, 0.6) is 0 Å².